The van der Waals surface area contributed by atoms with Crippen molar-refractivity contribution in [2.75, 3.05) is 0 Å². The Morgan fingerprint density at radius 1 is 0.750 bits per heavy atom. The van der Waals surface area contributed by atoms with E-state index in [-0.39, 0.29) is 10.9 Å². The first kappa shape index (κ1) is 16.1. The molecule has 120 valence electrons. The summed E-state index contributed by atoms with van der Waals surface area (Å²) in [5.41, 5.74) is 2.17. The van der Waals surface area contributed by atoms with Gasteiger partial charge < -0.3 is 0 Å². The van der Waals surface area contributed by atoms with E-state index < -0.39 is 28.7 Å². The van der Waals surface area contributed by atoms with E-state index >= 15 is 0 Å². The highest BCUT2D eigenvalue weighted by Gasteiger charge is 2.17. The van der Waals surface area contributed by atoms with Crippen molar-refractivity contribution in [3.8, 4) is 11.8 Å². The van der Waals surface area contributed by atoms with Crippen LogP contribution in [0.4, 0.5) is 17.6 Å². The molecule has 0 saturated carbocycles. The zero-order valence-corrected chi connectivity index (χ0v) is 12.8. The second-order valence-corrected chi connectivity index (χ2v) is 5.34. The molecule has 0 radical (unpaired) electrons. The summed E-state index contributed by atoms with van der Waals surface area (Å²) in [5, 5.41) is -0.649. The van der Waals surface area contributed by atoms with Gasteiger partial charge in [0.15, 0.2) is 17.5 Å². The van der Waals surface area contributed by atoms with Crippen molar-refractivity contribution in [1.29, 1.82) is 0 Å². The summed E-state index contributed by atoms with van der Waals surface area (Å²) in [7, 11) is 0. The minimum absolute atomic E-state index is 0.0722. The van der Waals surface area contributed by atoms with Crippen LogP contribution in [0.3, 0.4) is 0 Å². The lowest BCUT2D eigenvalue weighted by atomic mass is 10.0. The van der Waals surface area contributed by atoms with Crippen molar-refractivity contribution < 1.29 is 17.6 Å². The number of aryl methyl sites for hydroxylation is 1. The van der Waals surface area contributed by atoms with Gasteiger partial charge in [-0.1, -0.05) is 30.9 Å². The third-order valence-electron chi connectivity index (χ3n) is 3.74. The van der Waals surface area contributed by atoms with E-state index in [4.69, 9.17) is 0 Å². The molecule has 0 unspecified atom stereocenters. The summed E-state index contributed by atoms with van der Waals surface area (Å²) in [5.74, 6) is 0.0697. The molecule has 3 aromatic rings. The molecule has 0 spiro atoms. The van der Waals surface area contributed by atoms with Crippen LogP contribution in [0, 0.1) is 35.1 Å². The normalized spacial score (nSPS) is 10.5. The van der Waals surface area contributed by atoms with E-state index in [1.807, 2.05) is 31.2 Å². The molecule has 3 rings (SSSR count). The fraction of sp³-hybridized carbons (Fsp3) is 0.100. The van der Waals surface area contributed by atoms with E-state index in [0.29, 0.717) is 0 Å². The Kier molecular flexibility index (Phi) is 4.26. The maximum atomic E-state index is 14.0. The van der Waals surface area contributed by atoms with Crippen molar-refractivity contribution in [3.63, 3.8) is 0 Å². The van der Waals surface area contributed by atoms with Crippen LogP contribution in [-0.4, -0.2) is 0 Å². The summed E-state index contributed by atoms with van der Waals surface area (Å²) >= 11 is 0. The topological polar surface area (TPSA) is 0 Å². The molecular weight excluding hydrogens is 316 g/mol. The van der Waals surface area contributed by atoms with Crippen LogP contribution in [0.2, 0.25) is 0 Å². The van der Waals surface area contributed by atoms with Gasteiger partial charge in [0.1, 0.15) is 5.82 Å². The molecule has 0 aliphatic carbocycles. The van der Waals surface area contributed by atoms with Gasteiger partial charge >= 0.3 is 0 Å². The van der Waals surface area contributed by atoms with E-state index in [1.165, 1.54) is 11.6 Å². The molecule has 0 aromatic heterocycles. The molecule has 24 heavy (non-hydrogen) atoms. The highest BCUT2D eigenvalue weighted by Crippen LogP contribution is 2.26. The standard InChI is InChI=1S/C20H12F4/c1-2-12-3-5-13(6-4-12)7-8-14-9-15-11-17(22)19(23)20(24)18(15)16(21)10-14/h3-6,9-11H,2H2,1H3. The van der Waals surface area contributed by atoms with Crippen LogP contribution in [0.15, 0.2) is 42.5 Å². The second kappa shape index (κ2) is 6.37. The third kappa shape index (κ3) is 2.98. The van der Waals surface area contributed by atoms with E-state index in [1.54, 1.807) is 0 Å². The molecule has 0 heterocycles. The average Bonchev–Trinajstić information content (AvgIpc) is 2.58. The molecule has 0 saturated heterocycles. The van der Waals surface area contributed by atoms with Gasteiger partial charge in [0.05, 0.1) is 5.39 Å². The Balaban J connectivity index is 2.05. The quantitative estimate of drug-likeness (QED) is 0.320. The largest absolute Gasteiger partial charge is 0.206 e. The minimum atomic E-state index is -1.68. The smallest absolute Gasteiger partial charge is 0.195 e. The lowest BCUT2D eigenvalue weighted by molar-refractivity contribution is 0.451. The first-order chi connectivity index (χ1) is 11.5. The number of halogens is 4. The van der Waals surface area contributed by atoms with Crippen molar-refractivity contribution >= 4 is 10.8 Å². The molecule has 3 aromatic carbocycles. The predicted octanol–water partition coefficient (Wildman–Crippen LogP) is 5.36. The van der Waals surface area contributed by atoms with Gasteiger partial charge in [0.2, 0.25) is 0 Å². The average molecular weight is 328 g/mol. The van der Waals surface area contributed by atoms with Crippen LogP contribution in [0.1, 0.15) is 23.6 Å². The molecular formula is C20H12F4. The van der Waals surface area contributed by atoms with E-state index in [2.05, 4.69) is 11.8 Å². The molecule has 0 N–H and O–H groups in total. The first-order valence-electron chi connectivity index (χ1n) is 7.37. The van der Waals surface area contributed by atoms with Crippen LogP contribution in [0.5, 0.6) is 0 Å². The van der Waals surface area contributed by atoms with Gasteiger partial charge in [0, 0.05) is 11.1 Å². The van der Waals surface area contributed by atoms with E-state index in [0.717, 1.165) is 24.1 Å². The SMILES string of the molecule is CCc1ccc(C#Cc2cc(F)c3c(F)c(F)c(F)cc3c2)cc1. The van der Waals surface area contributed by atoms with Gasteiger partial charge in [-0.25, -0.2) is 17.6 Å². The maximum absolute atomic E-state index is 14.0. The van der Waals surface area contributed by atoms with Gasteiger partial charge in [-0.05, 0) is 47.7 Å². The van der Waals surface area contributed by atoms with Crippen molar-refractivity contribution in [2.45, 2.75) is 13.3 Å². The van der Waals surface area contributed by atoms with Gasteiger partial charge in [-0.15, -0.1) is 0 Å². The molecule has 0 amide bonds. The Labute approximate surface area is 136 Å². The fourth-order valence-corrected chi connectivity index (χ4v) is 2.43. The summed E-state index contributed by atoms with van der Waals surface area (Å²) in [6.45, 7) is 2.04. The Hall–Kier alpha value is -2.80. The maximum Gasteiger partial charge on any atom is 0.195 e. The van der Waals surface area contributed by atoms with Crippen molar-refractivity contribution in [3.05, 3.63) is 82.4 Å². The Morgan fingerprint density at radius 3 is 2.08 bits per heavy atom. The lowest BCUT2D eigenvalue weighted by Gasteiger charge is -2.04. The van der Waals surface area contributed by atoms with Gasteiger partial charge in [-0.3, -0.25) is 0 Å². The molecule has 0 nitrogen and oxygen atoms in total. The zero-order chi connectivity index (χ0) is 17.3. The predicted molar refractivity (Wildman–Crippen MR) is 85.6 cm³/mol. The molecule has 0 aliphatic heterocycles. The minimum Gasteiger partial charge on any atom is -0.206 e. The van der Waals surface area contributed by atoms with Crippen LogP contribution in [0.25, 0.3) is 10.8 Å². The first-order valence-corrected chi connectivity index (χ1v) is 7.37. The monoisotopic (exact) mass is 328 g/mol. The Bertz CT molecular complexity index is 977. The number of fused-ring (bicyclic) bond motifs is 1. The number of hydrogen-bond acceptors (Lipinski definition) is 0. The second-order valence-electron chi connectivity index (χ2n) is 5.34. The number of rotatable bonds is 1. The highest BCUT2D eigenvalue weighted by atomic mass is 19.2. The molecule has 4 heteroatoms. The van der Waals surface area contributed by atoms with Gasteiger partial charge in [0.25, 0.3) is 0 Å². The van der Waals surface area contributed by atoms with Crippen LogP contribution >= 0.6 is 0 Å². The zero-order valence-electron chi connectivity index (χ0n) is 12.8. The summed E-state index contributed by atoms with van der Waals surface area (Å²) in [6, 6.07) is 10.7. The van der Waals surface area contributed by atoms with Crippen LogP contribution < -0.4 is 0 Å². The number of benzene rings is 3. The lowest BCUT2D eigenvalue weighted by Crippen LogP contribution is -1.95. The molecule has 0 atom stereocenters. The van der Waals surface area contributed by atoms with Crippen LogP contribution in [-0.2, 0) is 6.42 Å². The summed E-state index contributed by atoms with van der Waals surface area (Å²) in [6.07, 6.45) is 0.914. The number of hydrogen-bond donors (Lipinski definition) is 0. The van der Waals surface area contributed by atoms with Gasteiger partial charge in [-0.2, -0.15) is 0 Å². The molecule has 0 aliphatic rings. The Morgan fingerprint density at radius 2 is 1.42 bits per heavy atom. The van der Waals surface area contributed by atoms with Crippen molar-refractivity contribution in [2.24, 2.45) is 0 Å². The highest BCUT2D eigenvalue weighted by molar-refractivity contribution is 5.85. The van der Waals surface area contributed by atoms with Crippen molar-refractivity contribution in [1.82, 2.24) is 0 Å². The van der Waals surface area contributed by atoms with E-state index in [9.17, 15) is 17.6 Å². The molecule has 0 bridgehead atoms. The fourth-order valence-electron chi connectivity index (χ4n) is 2.43. The third-order valence-corrected chi connectivity index (χ3v) is 3.74. The summed E-state index contributed by atoms with van der Waals surface area (Å²) in [4.78, 5) is 0. The molecule has 0 fully saturated rings. The summed E-state index contributed by atoms with van der Waals surface area (Å²) < 4.78 is 54.3.